The lowest BCUT2D eigenvalue weighted by Gasteiger charge is -2.30. The van der Waals surface area contributed by atoms with Crippen LogP contribution in [0.15, 0.2) is 182 Å². The van der Waals surface area contributed by atoms with Crippen molar-refractivity contribution in [2.24, 2.45) is 0 Å². The molecule has 8 aromatic rings. The molecule has 12 rings (SSSR count). The first-order valence-corrected chi connectivity index (χ1v) is 20.9. The lowest BCUT2D eigenvalue weighted by Crippen LogP contribution is -2.16. The molecule has 4 aliphatic rings. The van der Waals surface area contributed by atoms with E-state index in [0.29, 0.717) is 5.92 Å². The highest BCUT2D eigenvalue weighted by Gasteiger charge is 2.38. The Morgan fingerprint density at radius 1 is 0.431 bits per heavy atom. The van der Waals surface area contributed by atoms with Crippen LogP contribution in [-0.2, 0) is 10.8 Å². The molecule has 0 aromatic heterocycles. The fourth-order valence-electron chi connectivity index (χ4n) is 11.1. The van der Waals surface area contributed by atoms with E-state index in [4.69, 9.17) is 0 Å². The first kappa shape index (κ1) is 33.6. The van der Waals surface area contributed by atoms with Gasteiger partial charge in [0.15, 0.2) is 0 Å². The largest absolute Gasteiger partial charge is 0.0836 e. The van der Waals surface area contributed by atoms with Gasteiger partial charge in [-0.2, -0.15) is 0 Å². The van der Waals surface area contributed by atoms with Crippen molar-refractivity contribution in [3.05, 3.63) is 220 Å². The molecular weight excluding hydrogens is 697 g/mol. The summed E-state index contributed by atoms with van der Waals surface area (Å²) < 4.78 is 0. The minimum atomic E-state index is -0.137. The molecule has 58 heavy (non-hydrogen) atoms. The third-order valence-electron chi connectivity index (χ3n) is 14.2. The van der Waals surface area contributed by atoms with Gasteiger partial charge in [-0.15, -0.1) is 0 Å². The summed E-state index contributed by atoms with van der Waals surface area (Å²) in [5.41, 5.74) is 22.8. The van der Waals surface area contributed by atoms with E-state index in [1.54, 1.807) is 0 Å². The van der Waals surface area contributed by atoms with Gasteiger partial charge < -0.3 is 0 Å². The quantitative estimate of drug-likeness (QED) is 0.158. The Hall–Kier alpha value is -6.50. The molecule has 0 heterocycles. The zero-order chi connectivity index (χ0) is 38.9. The maximum absolute atomic E-state index is 2.49. The Morgan fingerprint density at radius 2 is 0.948 bits per heavy atom. The molecule has 0 fully saturated rings. The molecule has 0 saturated carbocycles. The van der Waals surface area contributed by atoms with Crippen LogP contribution in [0.5, 0.6) is 0 Å². The average Bonchev–Trinajstić information content (AvgIpc) is 3.63. The van der Waals surface area contributed by atoms with Gasteiger partial charge in [-0.05, 0) is 159 Å². The fourth-order valence-corrected chi connectivity index (χ4v) is 11.1. The molecule has 1 atom stereocenters. The Bertz CT molecular complexity index is 3190. The van der Waals surface area contributed by atoms with Crippen LogP contribution in [-0.4, -0.2) is 0 Å². The van der Waals surface area contributed by atoms with Crippen LogP contribution in [0.4, 0.5) is 0 Å². The van der Waals surface area contributed by atoms with Crippen LogP contribution in [0.1, 0.15) is 79.0 Å². The fraction of sp³-hybridized carbons (Fsp3) is 0.138. The maximum Gasteiger partial charge on any atom is 0.0159 e. The minimum absolute atomic E-state index is 0.129. The maximum atomic E-state index is 2.49. The highest BCUT2D eigenvalue weighted by Crippen LogP contribution is 2.54. The molecule has 0 bridgehead atoms. The van der Waals surface area contributed by atoms with Crippen molar-refractivity contribution >= 4 is 27.1 Å². The van der Waals surface area contributed by atoms with Gasteiger partial charge in [0.2, 0.25) is 0 Å². The van der Waals surface area contributed by atoms with Gasteiger partial charge in [0.25, 0.3) is 0 Å². The average molecular weight is 741 g/mol. The number of hydrogen-bond donors (Lipinski definition) is 0. The van der Waals surface area contributed by atoms with Crippen LogP contribution in [0.2, 0.25) is 0 Å². The van der Waals surface area contributed by atoms with E-state index in [1.807, 2.05) is 0 Å². The summed E-state index contributed by atoms with van der Waals surface area (Å²) in [6.45, 7) is 9.65. The highest BCUT2D eigenvalue weighted by atomic mass is 14.4. The molecule has 8 aromatic carbocycles. The Labute approximate surface area is 341 Å². The van der Waals surface area contributed by atoms with Crippen LogP contribution < -0.4 is 0 Å². The summed E-state index contributed by atoms with van der Waals surface area (Å²) in [6.07, 6.45) is 10.4. The predicted octanol–water partition coefficient (Wildman–Crippen LogP) is 15.4. The lowest BCUT2D eigenvalue weighted by atomic mass is 9.74. The van der Waals surface area contributed by atoms with Gasteiger partial charge in [-0.25, -0.2) is 0 Å². The number of allylic oxidation sites excluding steroid dienone is 5. The summed E-state index contributed by atoms with van der Waals surface area (Å²) in [4.78, 5) is 0. The Kier molecular flexibility index (Phi) is 6.96. The number of fused-ring (bicyclic) bond motifs is 12. The van der Waals surface area contributed by atoms with Gasteiger partial charge in [-0.1, -0.05) is 167 Å². The summed E-state index contributed by atoms with van der Waals surface area (Å²) in [7, 11) is 0. The van der Waals surface area contributed by atoms with E-state index in [0.717, 1.165) is 6.42 Å². The number of rotatable bonds is 3. The lowest BCUT2D eigenvalue weighted by molar-refractivity contribution is 0.659. The number of benzene rings is 8. The molecule has 0 N–H and O–H groups in total. The third kappa shape index (κ3) is 4.69. The second kappa shape index (κ2) is 12.0. The van der Waals surface area contributed by atoms with Crippen molar-refractivity contribution < 1.29 is 0 Å². The van der Waals surface area contributed by atoms with Crippen molar-refractivity contribution in [2.45, 2.75) is 50.9 Å². The van der Waals surface area contributed by atoms with Gasteiger partial charge >= 0.3 is 0 Å². The van der Waals surface area contributed by atoms with E-state index < -0.39 is 0 Å². The SMILES string of the molecule is CC1(C)c2cc(C3=CC4=CC=CCC4c4ccccc43)ccc2-c2ccc(-c3ccc4c(c3)C(C)(C)c3cc(-c5cc6ccccc6c6ccccc56)ccc3-4)cc21. The van der Waals surface area contributed by atoms with Crippen molar-refractivity contribution in [2.75, 3.05) is 0 Å². The van der Waals surface area contributed by atoms with Crippen molar-refractivity contribution in [1.82, 2.24) is 0 Å². The highest BCUT2D eigenvalue weighted by molar-refractivity contribution is 6.14. The zero-order valence-electron chi connectivity index (χ0n) is 33.5. The van der Waals surface area contributed by atoms with E-state index in [1.165, 1.54) is 116 Å². The van der Waals surface area contributed by atoms with Gasteiger partial charge in [0.05, 0.1) is 0 Å². The molecule has 1 unspecified atom stereocenters. The van der Waals surface area contributed by atoms with E-state index in [-0.39, 0.29) is 10.8 Å². The van der Waals surface area contributed by atoms with Crippen LogP contribution in [0, 0.1) is 0 Å². The molecule has 0 amide bonds. The van der Waals surface area contributed by atoms with E-state index in [9.17, 15) is 0 Å². The monoisotopic (exact) mass is 740 g/mol. The minimum Gasteiger partial charge on any atom is -0.0836 e. The normalized spacial score (nSPS) is 17.5. The molecule has 4 aliphatic carbocycles. The third-order valence-corrected chi connectivity index (χ3v) is 14.2. The predicted molar refractivity (Wildman–Crippen MR) is 246 cm³/mol. The van der Waals surface area contributed by atoms with E-state index >= 15 is 0 Å². The first-order valence-electron chi connectivity index (χ1n) is 20.9. The first-order chi connectivity index (χ1) is 28.3. The molecule has 0 aliphatic heterocycles. The zero-order valence-corrected chi connectivity index (χ0v) is 33.5. The second-order valence-corrected chi connectivity index (χ2v) is 18.0. The van der Waals surface area contributed by atoms with Gasteiger partial charge in [-0.3, -0.25) is 0 Å². The van der Waals surface area contributed by atoms with Crippen LogP contribution in [0.3, 0.4) is 0 Å². The topological polar surface area (TPSA) is 0 Å². The van der Waals surface area contributed by atoms with Gasteiger partial charge in [0, 0.05) is 16.7 Å². The van der Waals surface area contributed by atoms with Crippen molar-refractivity contribution in [3.8, 4) is 44.5 Å². The molecule has 0 heteroatoms. The number of hydrogen-bond acceptors (Lipinski definition) is 0. The van der Waals surface area contributed by atoms with Gasteiger partial charge in [0.1, 0.15) is 0 Å². The Morgan fingerprint density at radius 3 is 1.62 bits per heavy atom. The smallest absolute Gasteiger partial charge is 0.0159 e. The standard InChI is InChI=1S/C58H44/c1-57(2)53-31-35(21-25-47(53)49-27-23-39(33-55(49)57)51-29-37-13-5-7-15-41(37)43-17-9-11-19-45(43)51)36-22-26-48-50-28-24-40(34-56(50)58(3,4)54(48)32-36)52-30-38-14-6-8-16-42(38)44-18-10-12-20-46(44)52/h5-15,17-34,42H,16H2,1-4H3. The molecule has 276 valence electrons. The summed E-state index contributed by atoms with van der Waals surface area (Å²) >= 11 is 0. The summed E-state index contributed by atoms with van der Waals surface area (Å²) in [5, 5.41) is 5.21. The van der Waals surface area contributed by atoms with Crippen LogP contribution >= 0.6 is 0 Å². The molecule has 0 nitrogen and oxygen atoms in total. The molecule has 0 radical (unpaired) electrons. The summed E-state index contributed by atoms with van der Waals surface area (Å²) in [5.74, 6) is 0.450. The van der Waals surface area contributed by atoms with Crippen LogP contribution in [0.25, 0.3) is 71.6 Å². The molecule has 0 saturated heterocycles. The second-order valence-electron chi connectivity index (χ2n) is 18.0. The van der Waals surface area contributed by atoms with E-state index in [2.05, 4.69) is 204 Å². The van der Waals surface area contributed by atoms with Crippen molar-refractivity contribution in [1.29, 1.82) is 0 Å². The molecular formula is C58H44. The molecule has 0 spiro atoms. The van der Waals surface area contributed by atoms with Crippen molar-refractivity contribution in [3.63, 3.8) is 0 Å². The summed E-state index contributed by atoms with van der Waals surface area (Å²) in [6, 6.07) is 57.9. The Balaban J connectivity index is 0.904.